The molecule has 0 amide bonds. The van der Waals surface area contributed by atoms with Crippen molar-refractivity contribution in [1.29, 1.82) is 0 Å². The van der Waals surface area contributed by atoms with Crippen molar-refractivity contribution >= 4 is 10.0 Å². The minimum atomic E-state index is -3.78. The van der Waals surface area contributed by atoms with E-state index in [1.165, 1.54) is 30.2 Å². The second-order valence-electron chi connectivity index (χ2n) is 3.40. The van der Waals surface area contributed by atoms with E-state index < -0.39 is 22.4 Å². The summed E-state index contributed by atoms with van der Waals surface area (Å²) in [5.74, 6) is 0. The SMILES string of the molecule is C[C@@H](O)CN1C=C(S(N)(=O)=O)C=CC1O. The van der Waals surface area contributed by atoms with E-state index >= 15 is 0 Å². The summed E-state index contributed by atoms with van der Waals surface area (Å²) >= 11 is 0. The molecule has 0 spiro atoms. The van der Waals surface area contributed by atoms with Crippen molar-refractivity contribution in [3.05, 3.63) is 23.3 Å². The molecule has 0 fully saturated rings. The van der Waals surface area contributed by atoms with Gasteiger partial charge < -0.3 is 15.1 Å². The summed E-state index contributed by atoms with van der Waals surface area (Å²) in [5.41, 5.74) is 0. The third kappa shape index (κ3) is 3.31. The fraction of sp³-hybridized carbons (Fsp3) is 0.500. The van der Waals surface area contributed by atoms with E-state index in [-0.39, 0.29) is 11.4 Å². The first-order chi connectivity index (χ1) is 6.80. The number of nitrogens with zero attached hydrogens (tertiary/aromatic N) is 1. The number of hydrogen-bond acceptors (Lipinski definition) is 5. The third-order valence-electron chi connectivity index (χ3n) is 1.87. The first kappa shape index (κ1) is 12.2. The number of nitrogens with two attached hydrogens (primary N) is 1. The van der Waals surface area contributed by atoms with E-state index in [2.05, 4.69) is 0 Å². The summed E-state index contributed by atoms with van der Waals surface area (Å²) in [6.45, 7) is 1.67. The minimum absolute atomic E-state index is 0.0894. The van der Waals surface area contributed by atoms with Gasteiger partial charge in [0.1, 0.15) is 6.23 Å². The van der Waals surface area contributed by atoms with Crippen molar-refractivity contribution in [2.75, 3.05) is 6.54 Å². The predicted molar refractivity (Wildman–Crippen MR) is 54.7 cm³/mol. The number of allylic oxidation sites excluding steroid dienone is 1. The molecule has 1 heterocycles. The van der Waals surface area contributed by atoms with Crippen LogP contribution in [-0.2, 0) is 10.0 Å². The molecule has 2 atom stereocenters. The Morgan fingerprint density at radius 1 is 1.67 bits per heavy atom. The zero-order valence-corrected chi connectivity index (χ0v) is 9.05. The van der Waals surface area contributed by atoms with Gasteiger partial charge in [0, 0.05) is 12.7 Å². The maximum Gasteiger partial charge on any atom is 0.239 e. The van der Waals surface area contributed by atoms with Gasteiger partial charge in [-0.3, -0.25) is 0 Å². The molecule has 0 bridgehead atoms. The van der Waals surface area contributed by atoms with Crippen LogP contribution in [0.3, 0.4) is 0 Å². The molecule has 0 aliphatic carbocycles. The Morgan fingerprint density at radius 2 is 2.27 bits per heavy atom. The summed E-state index contributed by atoms with van der Waals surface area (Å²) < 4.78 is 22.0. The lowest BCUT2D eigenvalue weighted by atomic mass is 10.3. The van der Waals surface area contributed by atoms with Gasteiger partial charge in [0.15, 0.2) is 0 Å². The lowest BCUT2D eigenvalue weighted by molar-refractivity contribution is 0.0429. The molecule has 0 radical (unpaired) electrons. The maximum atomic E-state index is 11.0. The average Bonchev–Trinajstić information content (AvgIpc) is 2.06. The van der Waals surface area contributed by atoms with Crippen molar-refractivity contribution < 1.29 is 18.6 Å². The van der Waals surface area contributed by atoms with Crippen molar-refractivity contribution in [3.63, 3.8) is 0 Å². The molecule has 86 valence electrons. The molecule has 1 aliphatic rings. The van der Waals surface area contributed by atoms with Gasteiger partial charge >= 0.3 is 0 Å². The maximum absolute atomic E-state index is 11.0. The van der Waals surface area contributed by atoms with Gasteiger partial charge in [0.05, 0.1) is 11.0 Å². The minimum Gasteiger partial charge on any atom is -0.392 e. The van der Waals surface area contributed by atoms with Crippen LogP contribution in [-0.4, -0.2) is 42.4 Å². The van der Waals surface area contributed by atoms with Crippen LogP contribution in [0.2, 0.25) is 0 Å². The normalized spacial score (nSPS) is 23.9. The lowest BCUT2D eigenvalue weighted by Gasteiger charge is -2.28. The molecule has 15 heavy (non-hydrogen) atoms. The van der Waals surface area contributed by atoms with Gasteiger partial charge in [-0.2, -0.15) is 0 Å². The molecule has 0 aromatic heterocycles. The lowest BCUT2D eigenvalue weighted by Crippen LogP contribution is -2.37. The molecular weight excluding hydrogens is 220 g/mol. The van der Waals surface area contributed by atoms with Gasteiger partial charge in [-0.15, -0.1) is 0 Å². The number of aliphatic hydroxyl groups is 2. The van der Waals surface area contributed by atoms with Crippen molar-refractivity contribution in [2.24, 2.45) is 5.14 Å². The van der Waals surface area contributed by atoms with Crippen LogP contribution in [0.25, 0.3) is 0 Å². The van der Waals surface area contributed by atoms with E-state index in [0.29, 0.717) is 0 Å². The molecule has 6 nitrogen and oxygen atoms in total. The summed E-state index contributed by atoms with van der Waals surface area (Å²) in [6, 6.07) is 0. The van der Waals surface area contributed by atoms with Gasteiger partial charge in [-0.1, -0.05) is 0 Å². The molecule has 0 aromatic carbocycles. The Balaban J connectivity index is 2.90. The first-order valence-corrected chi connectivity index (χ1v) is 5.90. The fourth-order valence-corrected chi connectivity index (χ4v) is 1.76. The third-order valence-corrected chi connectivity index (χ3v) is 2.77. The monoisotopic (exact) mass is 234 g/mol. The van der Waals surface area contributed by atoms with Gasteiger partial charge in [-0.25, -0.2) is 13.6 Å². The number of β-amino-alcohol motifs (C(OH)–C–C–N with tert-alkyl or cyclic N) is 1. The van der Waals surface area contributed by atoms with E-state index in [1.54, 1.807) is 0 Å². The van der Waals surface area contributed by atoms with E-state index in [4.69, 9.17) is 10.2 Å². The van der Waals surface area contributed by atoms with Gasteiger partial charge in [0.2, 0.25) is 10.0 Å². The second kappa shape index (κ2) is 4.31. The van der Waals surface area contributed by atoms with E-state index in [0.717, 1.165) is 0 Å². The zero-order valence-electron chi connectivity index (χ0n) is 8.24. The van der Waals surface area contributed by atoms with Crippen LogP contribution in [0.1, 0.15) is 6.92 Å². The largest absolute Gasteiger partial charge is 0.392 e. The molecule has 0 saturated heterocycles. The first-order valence-electron chi connectivity index (χ1n) is 4.35. The Labute approximate surface area is 88.4 Å². The molecular formula is C8H14N2O4S. The average molecular weight is 234 g/mol. The second-order valence-corrected chi connectivity index (χ2v) is 4.96. The highest BCUT2D eigenvalue weighted by Gasteiger charge is 2.20. The Kier molecular flexibility index (Phi) is 3.50. The van der Waals surface area contributed by atoms with Crippen molar-refractivity contribution in [1.82, 2.24) is 4.90 Å². The summed E-state index contributed by atoms with van der Waals surface area (Å²) in [4.78, 5) is 1.21. The molecule has 7 heteroatoms. The van der Waals surface area contributed by atoms with E-state index in [9.17, 15) is 13.5 Å². The highest BCUT2D eigenvalue weighted by Crippen LogP contribution is 2.15. The highest BCUT2D eigenvalue weighted by atomic mass is 32.2. The standard InChI is InChI=1S/C8H14N2O4S/c1-6(11)4-10-5-7(15(9,13)14)2-3-8(10)12/h2-3,5-6,8,11-12H,4H2,1H3,(H2,9,13,14)/t6-,8?/m1/s1. The van der Waals surface area contributed by atoms with Crippen LogP contribution < -0.4 is 5.14 Å². The van der Waals surface area contributed by atoms with Crippen LogP contribution >= 0.6 is 0 Å². The molecule has 4 N–H and O–H groups in total. The van der Waals surface area contributed by atoms with Crippen molar-refractivity contribution in [2.45, 2.75) is 19.3 Å². The number of sulfonamides is 1. The Bertz CT molecular complexity index is 385. The molecule has 0 saturated carbocycles. The quantitative estimate of drug-likeness (QED) is 0.562. The van der Waals surface area contributed by atoms with Crippen LogP contribution in [0.4, 0.5) is 0 Å². The van der Waals surface area contributed by atoms with Gasteiger partial charge in [0.25, 0.3) is 0 Å². The zero-order chi connectivity index (χ0) is 11.6. The van der Waals surface area contributed by atoms with Crippen LogP contribution in [0, 0.1) is 0 Å². The van der Waals surface area contributed by atoms with Crippen LogP contribution in [0.15, 0.2) is 23.3 Å². The summed E-state index contributed by atoms with van der Waals surface area (Å²) in [6.07, 6.45) is 2.13. The smallest absolute Gasteiger partial charge is 0.239 e. The number of aliphatic hydroxyl groups excluding tert-OH is 2. The summed E-state index contributed by atoms with van der Waals surface area (Å²) in [5, 5.41) is 23.5. The fourth-order valence-electron chi connectivity index (χ4n) is 1.21. The van der Waals surface area contributed by atoms with E-state index in [1.807, 2.05) is 0 Å². The topological polar surface area (TPSA) is 104 Å². The molecule has 1 unspecified atom stereocenters. The number of primary sulfonamides is 1. The molecule has 0 aromatic rings. The number of rotatable bonds is 3. The Hall–Kier alpha value is -0.890. The molecule has 1 rings (SSSR count). The Morgan fingerprint density at radius 3 is 2.73 bits per heavy atom. The number of hydrogen-bond donors (Lipinski definition) is 3. The summed E-state index contributed by atoms with van der Waals surface area (Å²) in [7, 11) is -3.78. The highest BCUT2D eigenvalue weighted by molar-refractivity contribution is 7.93. The van der Waals surface area contributed by atoms with Gasteiger partial charge in [-0.05, 0) is 19.1 Å². The van der Waals surface area contributed by atoms with Crippen molar-refractivity contribution in [3.8, 4) is 0 Å². The molecule has 1 aliphatic heterocycles. The van der Waals surface area contributed by atoms with Crippen LogP contribution in [0.5, 0.6) is 0 Å². The predicted octanol–water partition coefficient (Wildman–Crippen LogP) is -1.31.